The number of carbonyl (C=O) groups is 1. The quantitative estimate of drug-likeness (QED) is 0.778. The Bertz CT molecular complexity index is 520. The molecule has 76 valence electrons. The van der Waals surface area contributed by atoms with E-state index >= 15 is 0 Å². The fourth-order valence-corrected chi connectivity index (χ4v) is 1.73. The summed E-state index contributed by atoms with van der Waals surface area (Å²) in [6.07, 6.45) is 0. The molecule has 0 spiro atoms. The maximum absolute atomic E-state index is 11.2. The maximum atomic E-state index is 11.2. The van der Waals surface area contributed by atoms with E-state index in [1.54, 1.807) is 6.07 Å². The molecule has 0 radical (unpaired) electrons. The Morgan fingerprint density at radius 2 is 1.80 bits per heavy atom. The molecule has 0 aliphatic carbocycles. The van der Waals surface area contributed by atoms with E-state index in [1.165, 1.54) is 0 Å². The minimum atomic E-state index is -0.395. The van der Waals surface area contributed by atoms with Crippen LogP contribution in [-0.4, -0.2) is 13.0 Å². The predicted molar refractivity (Wildman–Crippen MR) is 62.0 cm³/mol. The topological polar surface area (TPSA) is 55.1 Å². The number of nitrogens with one attached hydrogen (secondary N) is 1. The fraction of sp³-hybridized carbons (Fsp3) is 0.0833. The lowest BCUT2D eigenvalue weighted by Gasteiger charge is -2.08. The van der Waals surface area contributed by atoms with Gasteiger partial charge in [-0.2, -0.15) is 0 Å². The zero-order valence-electron chi connectivity index (χ0n) is 8.45. The molecule has 3 nitrogen and oxygen atoms in total. The lowest BCUT2D eigenvalue weighted by molar-refractivity contribution is 0.100. The first-order chi connectivity index (χ1) is 7.24. The Morgan fingerprint density at radius 1 is 1.13 bits per heavy atom. The van der Waals surface area contributed by atoms with Crippen molar-refractivity contribution in [3.63, 3.8) is 0 Å². The van der Waals surface area contributed by atoms with E-state index in [2.05, 4.69) is 5.32 Å². The first-order valence-electron chi connectivity index (χ1n) is 4.73. The number of carbonyl (C=O) groups excluding carboxylic acids is 1. The summed E-state index contributed by atoms with van der Waals surface area (Å²) in [5, 5.41) is 4.98. The van der Waals surface area contributed by atoms with Gasteiger partial charge in [0.2, 0.25) is 5.91 Å². The molecule has 0 heterocycles. The molecule has 0 saturated heterocycles. The zero-order valence-corrected chi connectivity index (χ0v) is 8.45. The highest BCUT2D eigenvalue weighted by Gasteiger charge is 2.07. The van der Waals surface area contributed by atoms with Crippen molar-refractivity contribution in [2.45, 2.75) is 0 Å². The molecule has 0 aliphatic rings. The van der Waals surface area contributed by atoms with Gasteiger partial charge in [0.25, 0.3) is 0 Å². The van der Waals surface area contributed by atoms with Crippen LogP contribution >= 0.6 is 0 Å². The van der Waals surface area contributed by atoms with Crippen LogP contribution in [0.25, 0.3) is 10.8 Å². The third kappa shape index (κ3) is 1.52. The van der Waals surface area contributed by atoms with Crippen molar-refractivity contribution < 1.29 is 4.79 Å². The molecule has 0 aromatic heterocycles. The Morgan fingerprint density at radius 3 is 2.40 bits per heavy atom. The normalized spacial score (nSPS) is 10.2. The summed E-state index contributed by atoms with van der Waals surface area (Å²) < 4.78 is 0. The Hall–Kier alpha value is -2.03. The third-order valence-electron chi connectivity index (χ3n) is 2.46. The zero-order chi connectivity index (χ0) is 10.8. The molecule has 0 bridgehead atoms. The van der Waals surface area contributed by atoms with Crippen molar-refractivity contribution in [1.29, 1.82) is 0 Å². The number of rotatable bonds is 2. The van der Waals surface area contributed by atoms with Crippen molar-refractivity contribution in [2.24, 2.45) is 5.73 Å². The van der Waals surface area contributed by atoms with Crippen LogP contribution in [0.15, 0.2) is 36.4 Å². The largest absolute Gasteiger partial charge is 0.388 e. The molecule has 3 N–H and O–H groups in total. The molecule has 3 heteroatoms. The Balaban J connectivity index is 2.83. The van der Waals surface area contributed by atoms with Crippen LogP contribution in [0.5, 0.6) is 0 Å². The van der Waals surface area contributed by atoms with E-state index < -0.39 is 5.91 Å². The van der Waals surface area contributed by atoms with Gasteiger partial charge in [0.05, 0.1) is 0 Å². The van der Waals surface area contributed by atoms with Crippen LogP contribution < -0.4 is 11.1 Å². The number of benzene rings is 2. The number of amides is 1. The monoisotopic (exact) mass is 200 g/mol. The second kappa shape index (κ2) is 3.61. The van der Waals surface area contributed by atoms with Crippen molar-refractivity contribution in [2.75, 3.05) is 12.4 Å². The number of fused-ring (bicyclic) bond motifs is 1. The Kier molecular flexibility index (Phi) is 2.29. The third-order valence-corrected chi connectivity index (χ3v) is 2.46. The van der Waals surface area contributed by atoms with E-state index in [1.807, 2.05) is 37.4 Å². The lowest BCUT2D eigenvalue weighted by atomic mass is 10.0. The average molecular weight is 200 g/mol. The smallest absolute Gasteiger partial charge is 0.249 e. The van der Waals surface area contributed by atoms with Crippen molar-refractivity contribution in [3.8, 4) is 0 Å². The molecule has 0 fully saturated rings. The number of primary amides is 1. The molecule has 2 rings (SSSR count). The summed E-state index contributed by atoms with van der Waals surface area (Å²) in [4.78, 5) is 11.2. The molecule has 15 heavy (non-hydrogen) atoms. The van der Waals surface area contributed by atoms with E-state index in [4.69, 9.17) is 5.73 Å². The maximum Gasteiger partial charge on any atom is 0.249 e. The minimum Gasteiger partial charge on any atom is -0.388 e. The van der Waals surface area contributed by atoms with Gasteiger partial charge in [-0.3, -0.25) is 4.79 Å². The molecule has 2 aromatic carbocycles. The number of anilines is 1. The first kappa shape index (κ1) is 9.52. The van der Waals surface area contributed by atoms with Gasteiger partial charge in [-0.15, -0.1) is 0 Å². The fourth-order valence-electron chi connectivity index (χ4n) is 1.73. The lowest BCUT2D eigenvalue weighted by Crippen LogP contribution is -2.11. The van der Waals surface area contributed by atoms with Crippen LogP contribution in [0.1, 0.15) is 10.4 Å². The van der Waals surface area contributed by atoms with E-state index in [9.17, 15) is 4.79 Å². The van der Waals surface area contributed by atoms with Crippen LogP contribution in [0.3, 0.4) is 0 Å². The standard InChI is InChI=1S/C12H12N2O/c1-14-11-7-6-10(12(13)15)8-4-2-3-5-9(8)11/h2-7,14H,1H3,(H2,13,15). The van der Waals surface area contributed by atoms with E-state index in [0.29, 0.717) is 5.56 Å². The van der Waals surface area contributed by atoms with Crippen molar-refractivity contribution in [3.05, 3.63) is 42.0 Å². The highest BCUT2D eigenvalue weighted by molar-refractivity contribution is 6.09. The number of hydrogen-bond acceptors (Lipinski definition) is 2. The molecule has 0 atom stereocenters. The second-order valence-electron chi connectivity index (χ2n) is 3.32. The van der Waals surface area contributed by atoms with Gasteiger partial charge in [-0.1, -0.05) is 24.3 Å². The van der Waals surface area contributed by atoms with Gasteiger partial charge >= 0.3 is 0 Å². The van der Waals surface area contributed by atoms with E-state index in [-0.39, 0.29) is 0 Å². The second-order valence-corrected chi connectivity index (χ2v) is 3.32. The Labute approximate surface area is 87.9 Å². The number of nitrogens with two attached hydrogens (primary N) is 1. The average Bonchev–Trinajstić information content (AvgIpc) is 2.27. The van der Waals surface area contributed by atoms with Crippen molar-refractivity contribution in [1.82, 2.24) is 0 Å². The molecule has 2 aromatic rings. The molecular weight excluding hydrogens is 188 g/mol. The van der Waals surface area contributed by atoms with Crippen LogP contribution in [0.4, 0.5) is 5.69 Å². The summed E-state index contributed by atoms with van der Waals surface area (Å²) in [5.41, 5.74) is 6.87. The molecule has 0 aliphatic heterocycles. The van der Waals surface area contributed by atoms with Gasteiger partial charge in [-0.25, -0.2) is 0 Å². The van der Waals surface area contributed by atoms with Crippen LogP contribution in [0, 0.1) is 0 Å². The highest BCUT2D eigenvalue weighted by atomic mass is 16.1. The molecule has 0 unspecified atom stereocenters. The van der Waals surface area contributed by atoms with E-state index in [0.717, 1.165) is 16.5 Å². The molecule has 1 amide bonds. The van der Waals surface area contributed by atoms with Gasteiger partial charge in [-0.05, 0) is 17.5 Å². The minimum absolute atomic E-state index is 0.395. The predicted octanol–water partition coefficient (Wildman–Crippen LogP) is 1.98. The highest BCUT2D eigenvalue weighted by Crippen LogP contribution is 2.25. The summed E-state index contributed by atoms with van der Waals surface area (Å²) in [6, 6.07) is 11.3. The van der Waals surface area contributed by atoms with Gasteiger partial charge in [0.1, 0.15) is 0 Å². The van der Waals surface area contributed by atoms with Gasteiger partial charge in [0.15, 0.2) is 0 Å². The van der Waals surface area contributed by atoms with Crippen molar-refractivity contribution >= 4 is 22.4 Å². The van der Waals surface area contributed by atoms with Gasteiger partial charge in [0, 0.05) is 23.7 Å². The summed E-state index contributed by atoms with van der Waals surface area (Å²) in [7, 11) is 1.85. The molecular formula is C12H12N2O. The summed E-state index contributed by atoms with van der Waals surface area (Å²) >= 11 is 0. The molecule has 0 saturated carbocycles. The number of hydrogen-bond donors (Lipinski definition) is 2. The summed E-state index contributed by atoms with van der Waals surface area (Å²) in [6.45, 7) is 0. The summed E-state index contributed by atoms with van der Waals surface area (Å²) in [5.74, 6) is -0.395. The SMILES string of the molecule is CNc1ccc(C(N)=O)c2ccccc12. The van der Waals surface area contributed by atoms with Crippen LogP contribution in [0.2, 0.25) is 0 Å². The first-order valence-corrected chi connectivity index (χ1v) is 4.73. The van der Waals surface area contributed by atoms with Gasteiger partial charge < -0.3 is 11.1 Å². The van der Waals surface area contributed by atoms with Crippen LogP contribution in [-0.2, 0) is 0 Å².